The normalized spacial score (nSPS) is 10.8. The van der Waals surface area contributed by atoms with Crippen molar-refractivity contribution < 1.29 is 14.6 Å². The lowest BCUT2D eigenvalue weighted by Crippen LogP contribution is -2.12. The molecule has 0 unspecified atom stereocenters. The van der Waals surface area contributed by atoms with Crippen LogP contribution in [-0.2, 0) is 6.61 Å². The second kappa shape index (κ2) is 7.40. The molecule has 0 saturated carbocycles. The highest BCUT2D eigenvalue weighted by molar-refractivity contribution is 6.04. The fourth-order valence-electron chi connectivity index (χ4n) is 2.76. The van der Waals surface area contributed by atoms with Crippen LogP contribution in [0.2, 0.25) is 0 Å². The maximum absolute atomic E-state index is 12.3. The average Bonchev–Trinajstić information content (AvgIpc) is 3.10. The predicted octanol–water partition coefficient (Wildman–Crippen LogP) is 3.57. The van der Waals surface area contributed by atoms with Gasteiger partial charge in [-0.3, -0.25) is 4.79 Å². The number of hydrogen-bond acceptors (Lipinski definition) is 5. The van der Waals surface area contributed by atoms with Gasteiger partial charge in [0.2, 0.25) is 0 Å². The molecule has 0 aliphatic carbocycles. The number of ether oxygens (including phenoxy) is 1. The second-order valence-corrected chi connectivity index (χ2v) is 6.34. The standard InChI is InChI=1S/C21H18N4O3/c1-14-4-9-19-23-16(12-25(19)11-14)13-28-17-7-5-15(6-8-17)21(27)24-20-18(26)3-2-10-22-20/h2-12,26H,13H2,1H3,(H,22,24,27). The van der Waals surface area contributed by atoms with Gasteiger partial charge in [-0.05, 0) is 55.0 Å². The van der Waals surface area contributed by atoms with E-state index >= 15 is 0 Å². The van der Waals surface area contributed by atoms with Crippen molar-refractivity contribution in [3.05, 3.63) is 83.9 Å². The van der Waals surface area contributed by atoms with Crippen LogP contribution in [0.15, 0.2) is 67.1 Å². The third kappa shape index (κ3) is 3.78. The van der Waals surface area contributed by atoms with Crippen molar-refractivity contribution >= 4 is 17.4 Å². The minimum atomic E-state index is -0.365. The summed E-state index contributed by atoms with van der Waals surface area (Å²) in [6, 6.07) is 13.8. The summed E-state index contributed by atoms with van der Waals surface area (Å²) in [6.07, 6.45) is 5.44. The van der Waals surface area contributed by atoms with Gasteiger partial charge in [0, 0.05) is 24.2 Å². The van der Waals surface area contributed by atoms with Crippen molar-refractivity contribution in [1.82, 2.24) is 14.4 Å². The molecule has 0 fully saturated rings. The zero-order chi connectivity index (χ0) is 19.5. The number of pyridine rings is 2. The van der Waals surface area contributed by atoms with Gasteiger partial charge in [-0.25, -0.2) is 9.97 Å². The lowest BCUT2D eigenvalue weighted by atomic mass is 10.2. The van der Waals surface area contributed by atoms with E-state index in [1.165, 1.54) is 12.3 Å². The van der Waals surface area contributed by atoms with Crippen LogP contribution in [0.5, 0.6) is 11.5 Å². The summed E-state index contributed by atoms with van der Waals surface area (Å²) in [4.78, 5) is 20.7. The van der Waals surface area contributed by atoms with E-state index < -0.39 is 0 Å². The quantitative estimate of drug-likeness (QED) is 0.557. The number of anilines is 1. The number of aryl methyl sites for hydroxylation is 1. The first kappa shape index (κ1) is 17.5. The number of hydrogen-bond donors (Lipinski definition) is 2. The third-order valence-corrected chi connectivity index (χ3v) is 4.17. The first-order valence-electron chi connectivity index (χ1n) is 8.71. The summed E-state index contributed by atoms with van der Waals surface area (Å²) in [6.45, 7) is 2.36. The Morgan fingerprint density at radius 2 is 1.96 bits per heavy atom. The largest absolute Gasteiger partial charge is 0.504 e. The maximum Gasteiger partial charge on any atom is 0.256 e. The SMILES string of the molecule is Cc1ccc2nc(COc3ccc(C(=O)Nc4ncccc4O)cc3)cn2c1. The van der Waals surface area contributed by atoms with E-state index in [9.17, 15) is 9.90 Å². The number of aromatic hydroxyl groups is 1. The molecule has 28 heavy (non-hydrogen) atoms. The van der Waals surface area contributed by atoms with Gasteiger partial charge in [0.15, 0.2) is 11.6 Å². The summed E-state index contributed by atoms with van der Waals surface area (Å²) in [5.41, 5.74) is 3.28. The predicted molar refractivity (Wildman–Crippen MR) is 105 cm³/mol. The molecule has 1 amide bonds. The third-order valence-electron chi connectivity index (χ3n) is 4.17. The van der Waals surface area contributed by atoms with E-state index in [1.54, 1.807) is 30.3 Å². The van der Waals surface area contributed by atoms with Gasteiger partial charge < -0.3 is 19.6 Å². The first-order valence-corrected chi connectivity index (χ1v) is 8.71. The van der Waals surface area contributed by atoms with Gasteiger partial charge in [0.25, 0.3) is 5.91 Å². The highest BCUT2D eigenvalue weighted by Gasteiger charge is 2.10. The number of nitrogens with one attached hydrogen (secondary N) is 1. The van der Waals surface area contributed by atoms with Gasteiger partial charge in [-0.15, -0.1) is 0 Å². The molecule has 0 atom stereocenters. The minimum absolute atomic E-state index is 0.0848. The fourth-order valence-corrected chi connectivity index (χ4v) is 2.76. The Kier molecular flexibility index (Phi) is 4.63. The van der Waals surface area contributed by atoms with E-state index in [4.69, 9.17) is 4.74 Å². The number of fused-ring (bicyclic) bond motifs is 1. The second-order valence-electron chi connectivity index (χ2n) is 6.34. The Morgan fingerprint density at radius 1 is 1.14 bits per heavy atom. The molecule has 7 nitrogen and oxygen atoms in total. The zero-order valence-electron chi connectivity index (χ0n) is 15.2. The number of carbonyl (C=O) groups is 1. The first-order chi connectivity index (χ1) is 13.6. The lowest BCUT2D eigenvalue weighted by molar-refractivity contribution is 0.102. The molecule has 140 valence electrons. The molecule has 7 heteroatoms. The molecule has 2 N–H and O–H groups in total. The van der Waals surface area contributed by atoms with Crippen LogP contribution < -0.4 is 10.1 Å². The minimum Gasteiger partial charge on any atom is -0.504 e. The van der Waals surface area contributed by atoms with Crippen LogP contribution in [0, 0.1) is 6.92 Å². The number of benzene rings is 1. The van der Waals surface area contributed by atoms with Crippen LogP contribution in [0.1, 0.15) is 21.6 Å². The van der Waals surface area contributed by atoms with Crippen molar-refractivity contribution in [1.29, 1.82) is 0 Å². The van der Waals surface area contributed by atoms with E-state index in [0.29, 0.717) is 17.9 Å². The molecule has 3 aromatic heterocycles. The van der Waals surface area contributed by atoms with Crippen molar-refractivity contribution in [3.8, 4) is 11.5 Å². The van der Waals surface area contributed by atoms with Crippen molar-refractivity contribution in [2.24, 2.45) is 0 Å². The van der Waals surface area contributed by atoms with Gasteiger partial charge in [0.1, 0.15) is 18.0 Å². The molecule has 0 radical (unpaired) electrons. The van der Waals surface area contributed by atoms with Crippen molar-refractivity contribution in [2.45, 2.75) is 13.5 Å². The molecule has 0 spiro atoms. The Bertz CT molecular complexity index is 1140. The molecule has 3 heterocycles. The topological polar surface area (TPSA) is 88.8 Å². The van der Waals surface area contributed by atoms with Crippen molar-refractivity contribution in [2.75, 3.05) is 5.32 Å². The number of imidazole rings is 1. The fraction of sp³-hybridized carbons (Fsp3) is 0.0952. The molecule has 4 aromatic rings. The number of nitrogens with zero attached hydrogens (tertiary/aromatic N) is 3. The average molecular weight is 374 g/mol. The van der Waals surface area contributed by atoms with Gasteiger partial charge >= 0.3 is 0 Å². The summed E-state index contributed by atoms with van der Waals surface area (Å²) in [7, 11) is 0. The monoisotopic (exact) mass is 374 g/mol. The summed E-state index contributed by atoms with van der Waals surface area (Å²) in [5, 5.41) is 12.3. The van der Waals surface area contributed by atoms with Crippen LogP contribution >= 0.6 is 0 Å². The maximum atomic E-state index is 12.3. The summed E-state index contributed by atoms with van der Waals surface area (Å²) < 4.78 is 7.73. The van der Waals surface area contributed by atoms with E-state index in [0.717, 1.165) is 16.9 Å². The molecule has 0 bridgehead atoms. The van der Waals surface area contributed by atoms with Crippen LogP contribution in [0.4, 0.5) is 5.82 Å². The smallest absolute Gasteiger partial charge is 0.256 e. The number of rotatable bonds is 5. The van der Waals surface area contributed by atoms with Crippen LogP contribution in [0.25, 0.3) is 5.65 Å². The number of amides is 1. The Labute approximate surface area is 161 Å². The molecular weight excluding hydrogens is 356 g/mol. The number of carbonyl (C=O) groups excluding carboxylic acids is 1. The molecule has 1 aromatic carbocycles. The Morgan fingerprint density at radius 3 is 2.75 bits per heavy atom. The van der Waals surface area contributed by atoms with Gasteiger partial charge in [-0.1, -0.05) is 6.07 Å². The molecule has 0 saturated heterocycles. The molecule has 0 aliphatic rings. The summed E-state index contributed by atoms with van der Waals surface area (Å²) in [5.74, 6) is 0.301. The van der Waals surface area contributed by atoms with Gasteiger partial charge in [0.05, 0.1) is 5.69 Å². The van der Waals surface area contributed by atoms with Crippen LogP contribution in [-0.4, -0.2) is 25.4 Å². The van der Waals surface area contributed by atoms with E-state index in [2.05, 4.69) is 15.3 Å². The molecular formula is C21H18N4O3. The lowest BCUT2D eigenvalue weighted by Gasteiger charge is -2.07. The van der Waals surface area contributed by atoms with E-state index in [1.807, 2.05) is 35.9 Å². The molecule has 4 rings (SSSR count). The Balaban J connectivity index is 1.40. The van der Waals surface area contributed by atoms with Crippen LogP contribution in [0.3, 0.4) is 0 Å². The highest BCUT2D eigenvalue weighted by atomic mass is 16.5. The summed E-state index contributed by atoms with van der Waals surface area (Å²) >= 11 is 0. The van der Waals surface area contributed by atoms with Gasteiger partial charge in [-0.2, -0.15) is 0 Å². The highest BCUT2D eigenvalue weighted by Crippen LogP contribution is 2.20. The molecule has 0 aliphatic heterocycles. The van der Waals surface area contributed by atoms with E-state index in [-0.39, 0.29) is 17.5 Å². The Hall–Kier alpha value is -3.87. The van der Waals surface area contributed by atoms with Crippen molar-refractivity contribution in [3.63, 3.8) is 0 Å². The number of aromatic nitrogens is 3. The zero-order valence-corrected chi connectivity index (χ0v) is 15.2.